The van der Waals surface area contributed by atoms with Crippen molar-refractivity contribution in [1.82, 2.24) is 0 Å². The van der Waals surface area contributed by atoms with E-state index in [0.29, 0.717) is 25.0 Å². The molecule has 1 aliphatic carbocycles. The zero-order chi connectivity index (χ0) is 21.3. The Morgan fingerprint density at radius 1 is 1.24 bits per heavy atom. The van der Waals surface area contributed by atoms with Crippen LogP contribution in [0.4, 0.5) is 0 Å². The second-order valence-electron chi connectivity index (χ2n) is 7.71. The van der Waals surface area contributed by atoms with E-state index in [-0.39, 0.29) is 31.8 Å². The molecule has 0 saturated heterocycles. The van der Waals surface area contributed by atoms with Crippen molar-refractivity contribution in [3.8, 4) is 5.75 Å². The zero-order valence-corrected chi connectivity index (χ0v) is 16.7. The molecule has 0 aromatic heterocycles. The molecule has 4 atom stereocenters. The molecule has 29 heavy (non-hydrogen) atoms. The van der Waals surface area contributed by atoms with Crippen LogP contribution < -0.4 is 4.74 Å². The van der Waals surface area contributed by atoms with E-state index in [1.807, 2.05) is 30.4 Å². The molecule has 2 rings (SSSR count). The van der Waals surface area contributed by atoms with Gasteiger partial charge in [-0.15, -0.1) is 0 Å². The Morgan fingerprint density at radius 2 is 1.97 bits per heavy atom. The number of carboxylic acids is 1. The number of hydrogen-bond acceptors (Lipinski definition) is 6. The molecule has 0 radical (unpaired) electrons. The molecule has 0 amide bonds. The largest absolute Gasteiger partial charge is 0.491 e. The molecule has 160 valence electrons. The van der Waals surface area contributed by atoms with E-state index in [2.05, 4.69) is 0 Å². The van der Waals surface area contributed by atoms with Gasteiger partial charge in [-0.25, -0.2) is 0 Å². The number of aliphatic carboxylic acids is 1. The molecule has 0 spiro atoms. The summed E-state index contributed by atoms with van der Waals surface area (Å²) in [6.45, 7) is 1.52. The molecule has 1 aliphatic rings. The van der Waals surface area contributed by atoms with Gasteiger partial charge in [0.05, 0.1) is 18.8 Å². The molecule has 1 saturated carbocycles. The van der Waals surface area contributed by atoms with E-state index in [0.717, 1.165) is 0 Å². The second-order valence-corrected chi connectivity index (χ2v) is 7.71. The molecule has 7 heteroatoms. The highest BCUT2D eigenvalue weighted by molar-refractivity contribution is 5.85. The smallest absolute Gasteiger partial charge is 0.303 e. The number of benzene rings is 1. The zero-order valence-electron chi connectivity index (χ0n) is 16.7. The quantitative estimate of drug-likeness (QED) is 0.361. The fourth-order valence-corrected chi connectivity index (χ4v) is 3.22. The molecule has 0 bridgehead atoms. The molecule has 1 aromatic carbocycles. The van der Waals surface area contributed by atoms with Gasteiger partial charge >= 0.3 is 5.97 Å². The standard InChI is InChI=1S/C22H30O7/c1-22(27,14-28-16-9-5-4-6-10-16)15-29-21-17(18(23)13-19(21)24)11-7-2-3-8-12-20(25)26/h2,4-7,9-10,17,19,21,24,27H,3,8,11-15H2,1H3,(H,25,26)/b7-2+. The molecule has 1 aromatic rings. The maximum Gasteiger partial charge on any atom is 0.303 e. The highest BCUT2D eigenvalue weighted by Gasteiger charge is 2.42. The number of aliphatic hydroxyl groups is 2. The minimum Gasteiger partial charge on any atom is -0.491 e. The lowest BCUT2D eigenvalue weighted by atomic mass is 9.99. The predicted molar refractivity (Wildman–Crippen MR) is 107 cm³/mol. The Labute approximate surface area is 171 Å². The highest BCUT2D eigenvalue weighted by Crippen LogP contribution is 2.30. The summed E-state index contributed by atoms with van der Waals surface area (Å²) in [7, 11) is 0. The van der Waals surface area contributed by atoms with Crippen LogP contribution in [0.25, 0.3) is 0 Å². The van der Waals surface area contributed by atoms with Crippen molar-refractivity contribution in [2.45, 2.75) is 56.8 Å². The summed E-state index contributed by atoms with van der Waals surface area (Å²) in [6.07, 6.45) is 3.80. The predicted octanol–water partition coefficient (Wildman–Crippen LogP) is 2.35. The molecule has 1 fully saturated rings. The number of ether oxygens (including phenoxy) is 2. The molecule has 0 aliphatic heterocycles. The van der Waals surface area contributed by atoms with Crippen LogP contribution in [0.5, 0.6) is 5.75 Å². The third kappa shape index (κ3) is 7.97. The third-order valence-electron chi connectivity index (χ3n) is 4.80. The summed E-state index contributed by atoms with van der Waals surface area (Å²) in [5, 5.41) is 29.3. The maximum atomic E-state index is 12.2. The van der Waals surface area contributed by atoms with Crippen molar-refractivity contribution in [2.75, 3.05) is 13.2 Å². The Hall–Kier alpha value is -2.22. The van der Waals surface area contributed by atoms with Gasteiger partial charge in [-0.1, -0.05) is 30.4 Å². The number of hydrogen-bond donors (Lipinski definition) is 3. The van der Waals surface area contributed by atoms with E-state index in [4.69, 9.17) is 14.6 Å². The Morgan fingerprint density at radius 3 is 2.66 bits per heavy atom. The van der Waals surface area contributed by atoms with Crippen LogP contribution in [0, 0.1) is 5.92 Å². The van der Waals surface area contributed by atoms with Gasteiger partial charge in [0.1, 0.15) is 23.7 Å². The lowest BCUT2D eigenvalue weighted by Crippen LogP contribution is -2.41. The number of carbonyl (C=O) groups is 2. The van der Waals surface area contributed by atoms with Crippen LogP contribution in [0.1, 0.15) is 39.0 Å². The maximum absolute atomic E-state index is 12.2. The van der Waals surface area contributed by atoms with Crippen molar-refractivity contribution in [3.05, 3.63) is 42.5 Å². The second kappa shape index (κ2) is 11.1. The normalized spacial score (nSPS) is 24.0. The lowest BCUT2D eigenvalue weighted by Gasteiger charge is -2.28. The summed E-state index contributed by atoms with van der Waals surface area (Å²) < 4.78 is 11.3. The van der Waals surface area contributed by atoms with Crippen LogP contribution in [0.2, 0.25) is 0 Å². The molecule has 3 N–H and O–H groups in total. The number of ketones is 1. The Bertz CT molecular complexity index is 684. The topological polar surface area (TPSA) is 113 Å². The summed E-state index contributed by atoms with van der Waals surface area (Å²) in [5.74, 6) is -0.747. The molecular weight excluding hydrogens is 376 g/mol. The van der Waals surface area contributed by atoms with E-state index < -0.39 is 29.7 Å². The van der Waals surface area contributed by atoms with Crippen LogP contribution in [-0.2, 0) is 14.3 Å². The molecule has 0 heterocycles. The number of carbonyl (C=O) groups excluding carboxylic acids is 1. The fraction of sp³-hybridized carbons (Fsp3) is 0.545. The van der Waals surface area contributed by atoms with Gasteiger partial charge in [-0.3, -0.25) is 9.59 Å². The van der Waals surface area contributed by atoms with Gasteiger partial charge in [-0.05, 0) is 38.3 Å². The first kappa shape index (κ1) is 23.1. The summed E-state index contributed by atoms with van der Waals surface area (Å²) in [6, 6.07) is 9.11. The van der Waals surface area contributed by atoms with Gasteiger partial charge in [0.2, 0.25) is 0 Å². The summed E-state index contributed by atoms with van der Waals surface area (Å²) >= 11 is 0. The minimum atomic E-state index is -1.28. The average molecular weight is 406 g/mol. The van der Waals surface area contributed by atoms with Gasteiger partial charge in [-0.2, -0.15) is 0 Å². The number of allylic oxidation sites excluding steroid dienone is 2. The van der Waals surface area contributed by atoms with Crippen molar-refractivity contribution in [1.29, 1.82) is 0 Å². The Kier molecular flexibility index (Phi) is 8.82. The van der Waals surface area contributed by atoms with Crippen LogP contribution in [0.15, 0.2) is 42.5 Å². The number of rotatable bonds is 12. The first-order chi connectivity index (χ1) is 13.8. The summed E-state index contributed by atoms with van der Waals surface area (Å²) in [4.78, 5) is 22.7. The summed E-state index contributed by atoms with van der Waals surface area (Å²) in [5.41, 5.74) is -1.28. The molecular formula is C22H30O7. The number of unbranched alkanes of at least 4 members (excludes halogenated alkanes) is 1. The third-order valence-corrected chi connectivity index (χ3v) is 4.80. The molecule has 7 nitrogen and oxygen atoms in total. The van der Waals surface area contributed by atoms with Crippen molar-refractivity contribution in [3.63, 3.8) is 0 Å². The first-order valence-corrected chi connectivity index (χ1v) is 9.88. The van der Waals surface area contributed by atoms with Crippen LogP contribution >= 0.6 is 0 Å². The number of para-hydroxylation sites is 1. The number of carboxylic acid groups (broad SMARTS) is 1. The van der Waals surface area contributed by atoms with E-state index >= 15 is 0 Å². The van der Waals surface area contributed by atoms with Crippen LogP contribution in [-0.4, -0.2) is 58.1 Å². The van der Waals surface area contributed by atoms with Crippen molar-refractivity contribution in [2.24, 2.45) is 5.92 Å². The molecule has 4 unspecified atom stereocenters. The minimum absolute atomic E-state index is 0.0158. The van der Waals surface area contributed by atoms with Crippen molar-refractivity contribution < 1.29 is 34.4 Å². The Balaban J connectivity index is 1.82. The van der Waals surface area contributed by atoms with Gasteiger partial charge in [0.15, 0.2) is 0 Å². The monoisotopic (exact) mass is 406 g/mol. The SMILES string of the molecule is CC(O)(COc1ccccc1)COC1C(O)CC(=O)C1C/C=C/CCCC(=O)O. The lowest BCUT2D eigenvalue weighted by molar-refractivity contribution is -0.137. The van der Waals surface area contributed by atoms with Crippen molar-refractivity contribution >= 4 is 11.8 Å². The highest BCUT2D eigenvalue weighted by atomic mass is 16.5. The van der Waals surface area contributed by atoms with Gasteiger partial charge in [0, 0.05) is 18.8 Å². The van der Waals surface area contributed by atoms with E-state index in [9.17, 15) is 19.8 Å². The number of aliphatic hydroxyl groups excluding tert-OH is 1. The van der Waals surface area contributed by atoms with Gasteiger partial charge < -0.3 is 24.8 Å². The fourth-order valence-electron chi connectivity index (χ4n) is 3.22. The average Bonchev–Trinajstić information content (AvgIpc) is 2.94. The van der Waals surface area contributed by atoms with Gasteiger partial charge in [0.25, 0.3) is 0 Å². The van der Waals surface area contributed by atoms with E-state index in [1.165, 1.54) is 0 Å². The number of Topliss-reactive ketones (excluding diaryl/α,β-unsaturated/α-hetero) is 1. The van der Waals surface area contributed by atoms with E-state index in [1.54, 1.807) is 19.1 Å². The van der Waals surface area contributed by atoms with Crippen LogP contribution in [0.3, 0.4) is 0 Å². The first-order valence-electron chi connectivity index (χ1n) is 9.88.